The maximum atomic E-state index is 13.5. The van der Waals surface area contributed by atoms with E-state index in [0.717, 1.165) is 42.8 Å². The van der Waals surface area contributed by atoms with E-state index in [1.807, 2.05) is 25.9 Å². The number of carbonyl (C=O) groups excluding carboxylic acids is 1. The van der Waals surface area contributed by atoms with Crippen LogP contribution in [0.2, 0.25) is 0 Å². The van der Waals surface area contributed by atoms with Gasteiger partial charge in [-0.2, -0.15) is 13.2 Å². The van der Waals surface area contributed by atoms with Gasteiger partial charge in [0.2, 0.25) is 5.95 Å². The molecular weight excluding hydrogens is 457 g/mol. The molecule has 1 aliphatic rings. The van der Waals surface area contributed by atoms with E-state index >= 15 is 0 Å². The molecule has 1 aliphatic heterocycles. The van der Waals surface area contributed by atoms with E-state index in [2.05, 4.69) is 20.2 Å². The number of likely N-dealkylation sites (N-methyl/N-ethyl adjacent to an activating group) is 2. The van der Waals surface area contributed by atoms with E-state index in [0.29, 0.717) is 16.8 Å². The number of rotatable bonds is 5. The molecule has 1 aromatic heterocycles. The summed E-state index contributed by atoms with van der Waals surface area (Å²) in [6, 6.07) is 8.66. The highest BCUT2D eigenvalue weighted by Gasteiger charge is 2.32. The van der Waals surface area contributed by atoms with Gasteiger partial charge >= 0.3 is 6.18 Å². The van der Waals surface area contributed by atoms with Crippen LogP contribution in [0.1, 0.15) is 27.9 Å². The fourth-order valence-electron chi connectivity index (χ4n) is 4.29. The number of halogens is 3. The quantitative estimate of drug-likeness (QED) is 0.557. The van der Waals surface area contributed by atoms with Gasteiger partial charge in [0.05, 0.1) is 16.9 Å². The number of hydrogen-bond acceptors (Lipinski definition) is 6. The van der Waals surface area contributed by atoms with Gasteiger partial charge in [0.1, 0.15) is 0 Å². The predicted octanol–water partition coefficient (Wildman–Crippen LogP) is 4.45. The van der Waals surface area contributed by atoms with Crippen LogP contribution in [0.15, 0.2) is 48.8 Å². The first-order chi connectivity index (χ1) is 16.5. The molecule has 0 radical (unpaired) electrons. The van der Waals surface area contributed by atoms with Crippen molar-refractivity contribution in [2.75, 3.05) is 43.1 Å². The number of hydrogen-bond donors (Lipinski definition) is 2. The summed E-state index contributed by atoms with van der Waals surface area (Å²) in [5.41, 5.74) is 7.99. The monoisotopic (exact) mass is 484 g/mol. The van der Waals surface area contributed by atoms with Crippen molar-refractivity contribution in [1.29, 1.82) is 0 Å². The molecule has 4 rings (SSSR count). The molecule has 0 bridgehead atoms. The number of benzene rings is 2. The summed E-state index contributed by atoms with van der Waals surface area (Å²) in [5, 5.41) is 2.72. The van der Waals surface area contributed by atoms with Gasteiger partial charge in [-0.3, -0.25) is 4.79 Å². The first-order valence-electron chi connectivity index (χ1n) is 11.2. The van der Waals surface area contributed by atoms with Crippen molar-refractivity contribution in [3.63, 3.8) is 0 Å². The van der Waals surface area contributed by atoms with Crippen LogP contribution < -0.4 is 16.0 Å². The molecule has 1 atom stereocenters. The third kappa shape index (κ3) is 5.37. The number of likely N-dealkylation sites (tertiary alicyclic amines) is 1. The smallest absolute Gasteiger partial charge is 0.369 e. The van der Waals surface area contributed by atoms with Crippen LogP contribution >= 0.6 is 0 Å². The van der Waals surface area contributed by atoms with E-state index in [-0.39, 0.29) is 17.7 Å². The molecule has 7 nitrogen and oxygen atoms in total. The number of aromatic nitrogens is 2. The maximum Gasteiger partial charge on any atom is 0.416 e. The number of nitrogens with two attached hydrogens (primary N) is 1. The van der Waals surface area contributed by atoms with Gasteiger partial charge < -0.3 is 20.9 Å². The number of nitrogens with one attached hydrogen (secondary N) is 1. The highest BCUT2D eigenvalue weighted by atomic mass is 19.4. The van der Waals surface area contributed by atoms with E-state index in [9.17, 15) is 18.0 Å². The standard InChI is InChI=1S/C25H27F3N6O/c1-15-4-5-16(10-20(15)17-12-30-24(29)31-13-17)23(35)32-21-11-18(25(26,27)28)6-7-22(21)34(3)19-8-9-33(2)14-19/h4-7,10-13,19H,8-9,14H2,1-3H3,(H,32,35)(H2,29,30,31)/t19-/m0/s1. The van der Waals surface area contributed by atoms with Crippen molar-refractivity contribution in [3.8, 4) is 11.1 Å². The van der Waals surface area contributed by atoms with Gasteiger partial charge in [-0.15, -0.1) is 0 Å². The van der Waals surface area contributed by atoms with Crippen LogP contribution in [0.5, 0.6) is 0 Å². The Morgan fingerprint density at radius 1 is 1.17 bits per heavy atom. The second-order valence-corrected chi connectivity index (χ2v) is 8.86. The van der Waals surface area contributed by atoms with Crippen molar-refractivity contribution < 1.29 is 18.0 Å². The number of nitrogen functional groups attached to an aromatic ring is 1. The Labute approximate surface area is 201 Å². The zero-order valence-corrected chi connectivity index (χ0v) is 19.7. The molecule has 0 spiro atoms. The molecule has 1 amide bonds. The average molecular weight is 485 g/mol. The Kier molecular flexibility index (Phi) is 6.66. The molecule has 0 unspecified atom stereocenters. The zero-order chi connectivity index (χ0) is 25.3. The first kappa shape index (κ1) is 24.5. The summed E-state index contributed by atoms with van der Waals surface area (Å²) in [4.78, 5) is 25.3. The molecule has 2 aromatic carbocycles. The van der Waals surface area contributed by atoms with Crippen molar-refractivity contribution in [2.45, 2.75) is 25.6 Å². The van der Waals surface area contributed by atoms with Gasteiger partial charge in [-0.1, -0.05) is 6.07 Å². The Hall–Kier alpha value is -3.66. The Morgan fingerprint density at radius 2 is 1.89 bits per heavy atom. The summed E-state index contributed by atoms with van der Waals surface area (Å²) in [5.74, 6) is -0.380. The number of anilines is 3. The first-order valence-corrected chi connectivity index (χ1v) is 11.2. The molecule has 2 heterocycles. The number of alkyl halides is 3. The Morgan fingerprint density at radius 3 is 2.51 bits per heavy atom. The molecule has 0 aliphatic carbocycles. The van der Waals surface area contributed by atoms with Crippen LogP contribution in [0.3, 0.4) is 0 Å². The van der Waals surface area contributed by atoms with Gasteiger partial charge in [0.25, 0.3) is 5.91 Å². The predicted molar refractivity (Wildman–Crippen MR) is 130 cm³/mol. The van der Waals surface area contributed by atoms with E-state index in [1.165, 1.54) is 6.07 Å². The summed E-state index contributed by atoms with van der Waals surface area (Å²) in [6.45, 7) is 3.57. The minimum Gasteiger partial charge on any atom is -0.369 e. The average Bonchev–Trinajstić information content (AvgIpc) is 3.25. The SMILES string of the molecule is Cc1ccc(C(=O)Nc2cc(C(F)(F)F)ccc2N(C)[C@H]2CCN(C)C2)cc1-c1cnc(N)nc1. The van der Waals surface area contributed by atoms with Crippen molar-refractivity contribution in [3.05, 3.63) is 65.5 Å². The summed E-state index contributed by atoms with van der Waals surface area (Å²) in [7, 11) is 3.84. The normalized spacial score (nSPS) is 16.3. The molecule has 184 valence electrons. The lowest BCUT2D eigenvalue weighted by Gasteiger charge is -2.29. The highest BCUT2D eigenvalue weighted by Crippen LogP contribution is 2.37. The molecular formula is C25H27F3N6O. The summed E-state index contributed by atoms with van der Waals surface area (Å²) < 4.78 is 40.4. The molecule has 1 fully saturated rings. The fraction of sp³-hybridized carbons (Fsp3) is 0.320. The molecule has 10 heteroatoms. The van der Waals surface area contributed by atoms with Crippen molar-refractivity contribution in [1.82, 2.24) is 14.9 Å². The molecule has 3 N–H and O–H groups in total. The molecule has 35 heavy (non-hydrogen) atoms. The fourth-order valence-corrected chi connectivity index (χ4v) is 4.29. The van der Waals surface area contributed by atoms with E-state index in [1.54, 1.807) is 30.6 Å². The van der Waals surface area contributed by atoms with Gasteiger partial charge in [-0.05, 0) is 68.4 Å². The van der Waals surface area contributed by atoms with Crippen LogP contribution in [0, 0.1) is 6.92 Å². The number of amides is 1. The van der Waals surface area contributed by atoms with Crippen LogP contribution in [0.25, 0.3) is 11.1 Å². The van der Waals surface area contributed by atoms with Crippen molar-refractivity contribution in [2.24, 2.45) is 0 Å². The van der Waals surface area contributed by atoms with Gasteiger partial charge in [0, 0.05) is 43.2 Å². The van der Waals surface area contributed by atoms with E-state index < -0.39 is 17.6 Å². The molecule has 3 aromatic rings. The Bertz CT molecular complexity index is 1230. The second-order valence-electron chi connectivity index (χ2n) is 8.86. The maximum absolute atomic E-state index is 13.5. The Balaban J connectivity index is 1.67. The van der Waals surface area contributed by atoms with E-state index in [4.69, 9.17) is 5.73 Å². The third-order valence-corrected chi connectivity index (χ3v) is 6.35. The minimum absolute atomic E-state index is 0.111. The topological polar surface area (TPSA) is 87.4 Å². The van der Waals surface area contributed by atoms with Crippen LogP contribution in [-0.4, -0.2) is 54.0 Å². The lowest BCUT2D eigenvalue weighted by Crippen LogP contribution is -2.34. The largest absolute Gasteiger partial charge is 0.416 e. The van der Waals surface area contributed by atoms with Crippen molar-refractivity contribution >= 4 is 23.2 Å². The number of aryl methyl sites for hydroxylation is 1. The lowest BCUT2D eigenvalue weighted by atomic mass is 10.00. The highest BCUT2D eigenvalue weighted by molar-refractivity contribution is 6.06. The molecule has 1 saturated heterocycles. The number of nitrogens with zero attached hydrogens (tertiary/aromatic N) is 4. The zero-order valence-electron chi connectivity index (χ0n) is 19.7. The minimum atomic E-state index is -4.53. The summed E-state index contributed by atoms with van der Waals surface area (Å²) in [6.07, 6.45) is -0.529. The van der Waals surface area contributed by atoms with Gasteiger partial charge in [0.15, 0.2) is 0 Å². The lowest BCUT2D eigenvalue weighted by molar-refractivity contribution is -0.137. The summed E-state index contributed by atoms with van der Waals surface area (Å²) >= 11 is 0. The van der Waals surface area contributed by atoms with Crippen LogP contribution in [-0.2, 0) is 6.18 Å². The van der Waals surface area contributed by atoms with Gasteiger partial charge in [-0.25, -0.2) is 9.97 Å². The van der Waals surface area contributed by atoms with Crippen LogP contribution in [0.4, 0.5) is 30.5 Å². The third-order valence-electron chi connectivity index (χ3n) is 6.35. The number of carbonyl (C=O) groups is 1. The second kappa shape index (κ2) is 9.53. The molecule has 0 saturated carbocycles.